The molecule has 0 atom stereocenters. The minimum Gasteiger partial charge on any atom is -0.352 e. The summed E-state index contributed by atoms with van der Waals surface area (Å²) in [7, 11) is 0. The zero-order valence-corrected chi connectivity index (χ0v) is 14.0. The molecule has 0 spiro atoms. The van der Waals surface area contributed by atoms with Crippen molar-refractivity contribution in [1.29, 1.82) is 0 Å². The first-order valence-corrected chi connectivity index (χ1v) is 7.90. The molecule has 2 amide bonds. The van der Waals surface area contributed by atoms with Crippen LogP contribution in [0.15, 0.2) is 48.7 Å². The fourth-order valence-electron chi connectivity index (χ4n) is 2.46. The van der Waals surface area contributed by atoms with Crippen LogP contribution in [-0.4, -0.2) is 21.8 Å². The number of benzene rings is 1. The zero-order valence-electron chi connectivity index (χ0n) is 14.0. The average molecular weight is 334 g/mol. The number of carbonyl (C=O) groups excluding carboxylic acids is 2. The van der Waals surface area contributed by atoms with Crippen molar-refractivity contribution in [2.75, 3.05) is 5.32 Å². The maximum absolute atomic E-state index is 12.6. The van der Waals surface area contributed by atoms with E-state index in [0.29, 0.717) is 29.1 Å². The Morgan fingerprint density at radius 3 is 2.60 bits per heavy atom. The molecule has 126 valence electrons. The van der Waals surface area contributed by atoms with Crippen molar-refractivity contribution < 1.29 is 9.59 Å². The number of aromatic nitrogens is 2. The summed E-state index contributed by atoms with van der Waals surface area (Å²) in [5, 5.41) is 6.42. The van der Waals surface area contributed by atoms with Crippen molar-refractivity contribution >= 4 is 28.5 Å². The highest BCUT2D eigenvalue weighted by Gasteiger charge is 2.12. The van der Waals surface area contributed by atoms with Crippen molar-refractivity contribution in [3.63, 3.8) is 0 Å². The van der Waals surface area contributed by atoms with Crippen molar-refractivity contribution in [3.05, 3.63) is 65.5 Å². The highest BCUT2D eigenvalue weighted by atomic mass is 16.2. The molecule has 0 aliphatic rings. The third-order valence-electron chi connectivity index (χ3n) is 3.78. The number of carbonyl (C=O) groups is 2. The van der Waals surface area contributed by atoms with Crippen LogP contribution in [0.5, 0.6) is 0 Å². The predicted octanol–water partition coefficient (Wildman–Crippen LogP) is 2.83. The van der Waals surface area contributed by atoms with E-state index in [2.05, 4.69) is 20.6 Å². The number of pyridine rings is 2. The number of rotatable bonds is 4. The second-order valence-corrected chi connectivity index (χ2v) is 5.73. The molecule has 6 heteroatoms. The lowest BCUT2D eigenvalue weighted by Gasteiger charge is -2.09. The van der Waals surface area contributed by atoms with Crippen LogP contribution in [0.3, 0.4) is 0 Å². The summed E-state index contributed by atoms with van der Waals surface area (Å²) >= 11 is 0. The molecular weight excluding hydrogens is 316 g/mol. The quantitative estimate of drug-likeness (QED) is 0.768. The van der Waals surface area contributed by atoms with Crippen molar-refractivity contribution in [2.45, 2.75) is 20.4 Å². The second-order valence-electron chi connectivity index (χ2n) is 5.73. The Bertz CT molecular complexity index is 936. The van der Waals surface area contributed by atoms with Crippen LogP contribution < -0.4 is 10.6 Å². The summed E-state index contributed by atoms with van der Waals surface area (Å²) in [6.45, 7) is 3.73. The van der Waals surface area contributed by atoms with Gasteiger partial charge in [-0.05, 0) is 42.8 Å². The summed E-state index contributed by atoms with van der Waals surface area (Å²) in [5.74, 6) is -0.295. The molecule has 0 saturated carbocycles. The summed E-state index contributed by atoms with van der Waals surface area (Å²) in [4.78, 5) is 32.1. The van der Waals surface area contributed by atoms with Crippen molar-refractivity contribution in [2.24, 2.45) is 0 Å². The minimum absolute atomic E-state index is 0.0776. The Morgan fingerprint density at radius 2 is 1.88 bits per heavy atom. The van der Waals surface area contributed by atoms with E-state index in [4.69, 9.17) is 0 Å². The second kappa shape index (κ2) is 7.09. The SMILES string of the molecule is CC(=O)NCc1ccc(NC(=O)c2cc3cccnc3nc2C)cc1. The standard InChI is InChI=1S/C19H18N4O2/c1-12-17(10-15-4-3-9-20-18(15)22-12)19(25)23-16-7-5-14(6-8-16)11-21-13(2)24/h3-10H,11H2,1-2H3,(H,21,24)(H,23,25). The van der Waals surface area contributed by atoms with Gasteiger partial charge in [-0.1, -0.05) is 12.1 Å². The topological polar surface area (TPSA) is 84.0 Å². The predicted molar refractivity (Wildman–Crippen MR) is 96.2 cm³/mol. The number of hydrogen-bond donors (Lipinski definition) is 2. The molecule has 6 nitrogen and oxygen atoms in total. The fourth-order valence-corrected chi connectivity index (χ4v) is 2.46. The molecule has 3 aromatic rings. The maximum Gasteiger partial charge on any atom is 0.257 e. The first-order valence-electron chi connectivity index (χ1n) is 7.90. The summed E-state index contributed by atoms with van der Waals surface area (Å²) in [6.07, 6.45) is 1.68. The molecule has 0 unspecified atom stereocenters. The number of amides is 2. The molecule has 2 heterocycles. The molecule has 0 bridgehead atoms. The number of nitrogens with one attached hydrogen (secondary N) is 2. The van der Waals surface area contributed by atoms with E-state index in [0.717, 1.165) is 10.9 Å². The van der Waals surface area contributed by atoms with Crippen molar-refractivity contribution in [1.82, 2.24) is 15.3 Å². The van der Waals surface area contributed by atoms with Crippen LogP contribution >= 0.6 is 0 Å². The minimum atomic E-state index is -0.217. The van der Waals surface area contributed by atoms with Crippen LogP contribution in [0, 0.1) is 6.92 Å². The maximum atomic E-state index is 12.6. The number of anilines is 1. The highest BCUT2D eigenvalue weighted by Crippen LogP contribution is 2.17. The van der Waals surface area contributed by atoms with Gasteiger partial charge >= 0.3 is 0 Å². The summed E-state index contributed by atoms with van der Waals surface area (Å²) < 4.78 is 0. The Kier molecular flexibility index (Phi) is 4.70. The van der Waals surface area contributed by atoms with Gasteiger partial charge in [0, 0.05) is 30.7 Å². The van der Waals surface area contributed by atoms with Gasteiger partial charge in [-0.25, -0.2) is 9.97 Å². The molecule has 0 aliphatic heterocycles. The van der Waals surface area contributed by atoms with E-state index < -0.39 is 0 Å². The lowest BCUT2D eigenvalue weighted by molar-refractivity contribution is -0.119. The largest absolute Gasteiger partial charge is 0.352 e. The number of nitrogens with zero attached hydrogens (tertiary/aromatic N) is 2. The molecule has 1 aromatic carbocycles. The van der Waals surface area contributed by atoms with Gasteiger partial charge in [-0.2, -0.15) is 0 Å². The Morgan fingerprint density at radius 1 is 1.12 bits per heavy atom. The molecule has 25 heavy (non-hydrogen) atoms. The first kappa shape index (κ1) is 16.6. The number of hydrogen-bond acceptors (Lipinski definition) is 4. The molecule has 2 N–H and O–H groups in total. The highest BCUT2D eigenvalue weighted by molar-refractivity contribution is 6.06. The van der Waals surface area contributed by atoms with Gasteiger partial charge < -0.3 is 10.6 Å². The summed E-state index contributed by atoms with van der Waals surface area (Å²) in [6, 6.07) is 12.8. The molecule has 0 radical (unpaired) electrons. The van der Waals surface area contributed by atoms with Crippen LogP contribution in [0.25, 0.3) is 11.0 Å². The van der Waals surface area contributed by atoms with Gasteiger partial charge in [0.15, 0.2) is 5.65 Å². The van der Waals surface area contributed by atoms with Crippen LogP contribution in [0.2, 0.25) is 0 Å². The molecule has 0 saturated heterocycles. The normalized spacial score (nSPS) is 10.5. The van der Waals surface area contributed by atoms with Gasteiger partial charge in [0.1, 0.15) is 0 Å². The van der Waals surface area contributed by atoms with Gasteiger partial charge in [0.2, 0.25) is 5.91 Å². The number of fused-ring (bicyclic) bond motifs is 1. The fraction of sp³-hybridized carbons (Fsp3) is 0.158. The molecule has 0 fully saturated rings. The average Bonchev–Trinajstić information content (AvgIpc) is 2.60. The third-order valence-corrected chi connectivity index (χ3v) is 3.78. The van der Waals surface area contributed by atoms with Crippen LogP contribution in [0.1, 0.15) is 28.5 Å². The lowest BCUT2D eigenvalue weighted by atomic mass is 10.1. The third kappa shape index (κ3) is 3.98. The van der Waals surface area contributed by atoms with E-state index in [1.54, 1.807) is 31.3 Å². The van der Waals surface area contributed by atoms with Crippen molar-refractivity contribution in [3.8, 4) is 0 Å². The Balaban J connectivity index is 1.76. The Labute approximate surface area is 145 Å². The van der Waals surface area contributed by atoms with Gasteiger partial charge in [0.05, 0.1) is 11.3 Å². The molecular formula is C19H18N4O2. The first-order chi connectivity index (χ1) is 12.0. The Hall–Kier alpha value is -3.28. The van der Waals surface area contributed by atoms with Crippen LogP contribution in [-0.2, 0) is 11.3 Å². The van der Waals surface area contributed by atoms with E-state index in [9.17, 15) is 9.59 Å². The van der Waals surface area contributed by atoms with E-state index in [1.807, 2.05) is 24.3 Å². The van der Waals surface area contributed by atoms with E-state index in [1.165, 1.54) is 6.92 Å². The van der Waals surface area contributed by atoms with E-state index in [-0.39, 0.29) is 11.8 Å². The van der Waals surface area contributed by atoms with E-state index >= 15 is 0 Å². The lowest BCUT2D eigenvalue weighted by Crippen LogP contribution is -2.19. The van der Waals surface area contributed by atoms with Gasteiger partial charge in [0.25, 0.3) is 5.91 Å². The smallest absolute Gasteiger partial charge is 0.257 e. The van der Waals surface area contributed by atoms with Crippen LogP contribution in [0.4, 0.5) is 5.69 Å². The molecule has 3 rings (SSSR count). The molecule has 0 aliphatic carbocycles. The zero-order chi connectivity index (χ0) is 17.8. The number of aryl methyl sites for hydroxylation is 1. The summed E-state index contributed by atoms with van der Waals surface area (Å²) in [5.41, 5.74) is 3.41. The van der Waals surface area contributed by atoms with Gasteiger partial charge in [-0.3, -0.25) is 9.59 Å². The molecule has 2 aromatic heterocycles. The van der Waals surface area contributed by atoms with Gasteiger partial charge in [-0.15, -0.1) is 0 Å². The monoisotopic (exact) mass is 334 g/mol.